The zero-order chi connectivity index (χ0) is 12.0. The van der Waals surface area contributed by atoms with Crippen LogP contribution in [0.1, 0.15) is 40.0 Å². The predicted molar refractivity (Wildman–Crippen MR) is 70.4 cm³/mol. The SMILES string of the molecule is CC(C)CCCC(C)Nc1ccc(N)nc1. The van der Waals surface area contributed by atoms with E-state index in [9.17, 15) is 0 Å². The van der Waals surface area contributed by atoms with E-state index in [1.54, 1.807) is 6.20 Å². The highest BCUT2D eigenvalue weighted by atomic mass is 14.9. The van der Waals surface area contributed by atoms with Gasteiger partial charge in [-0.15, -0.1) is 0 Å². The van der Waals surface area contributed by atoms with Crippen molar-refractivity contribution in [3.05, 3.63) is 18.3 Å². The van der Waals surface area contributed by atoms with Gasteiger partial charge in [-0.25, -0.2) is 4.98 Å². The van der Waals surface area contributed by atoms with Gasteiger partial charge in [0.05, 0.1) is 11.9 Å². The molecule has 0 aromatic carbocycles. The van der Waals surface area contributed by atoms with Crippen molar-refractivity contribution >= 4 is 11.5 Å². The molecule has 1 heterocycles. The van der Waals surface area contributed by atoms with Gasteiger partial charge in [0.25, 0.3) is 0 Å². The Hall–Kier alpha value is -1.25. The van der Waals surface area contributed by atoms with E-state index >= 15 is 0 Å². The van der Waals surface area contributed by atoms with Crippen molar-refractivity contribution in [2.24, 2.45) is 5.92 Å². The molecule has 0 radical (unpaired) electrons. The van der Waals surface area contributed by atoms with Crippen molar-refractivity contribution in [3.63, 3.8) is 0 Å². The molecule has 0 saturated carbocycles. The average Bonchev–Trinajstić information content (AvgIpc) is 2.21. The second-order valence-corrected chi connectivity index (χ2v) is 4.84. The number of anilines is 2. The summed E-state index contributed by atoms with van der Waals surface area (Å²) in [5.74, 6) is 1.36. The molecule has 1 aromatic rings. The molecule has 0 bridgehead atoms. The largest absolute Gasteiger partial charge is 0.384 e. The number of nitrogens with two attached hydrogens (primary N) is 1. The lowest BCUT2D eigenvalue weighted by atomic mass is 10.0. The molecular weight excluding hydrogens is 198 g/mol. The summed E-state index contributed by atoms with van der Waals surface area (Å²) in [6.45, 7) is 6.74. The summed E-state index contributed by atoms with van der Waals surface area (Å²) < 4.78 is 0. The third-order valence-electron chi connectivity index (χ3n) is 2.62. The Morgan fingerprint density at radius 1 is 1.25 bits per heavy atom. The first kappa shape index (κ1) is 12.8. The molecule has 3 nitrogen and oxygen atoms in total. The van der Waals surface area contributed by atoms with Crippen LogP contribution in [0.25, 0.3) is 0 Å². The summed E-state index contributed by atoms with van der Waals surface area (Å²) in [6, 6.07) is 4.29. The Balaban J connectivity index is 2.28. The van der Waals surface area contributed by atoms with Gasteiger partial charge in [0, 0.05) is 6.04 Å². The molecule has 0 amide bonds. The van der Waals surface area contributed by atoms with Crippen LogP contribution < -0.4 is 11.1 Å². The fourth-order valence-electron chi connectivity index (χ4n) is 1.68. The molecule has 0 saturated heterocycles. The van der Waals surface area contributed by atoms with E-state index < -0.39 is 0 Å². The lowest BCUT2D eigenvalue weighted by molar-refractivity contribution is 0.520. The van der Waals surface area contributed by atoms with Crippen molar-refractivity contribution in [2.75, 3.05) is 11.1 Å². The fraction of sp³-hybridized carbons (Fsp3) is 0.615. The predicted octanol–water partition coefficient (Wildman–Crippen LogP) is 3.29. The third-order valence-corrected chi connectivity index (χ3v) is 2.62. The van der Waals surface area contributed by atoms with Crippen LogP contribution in [0.5, 0.6) is 0 Å². The molecule has 0 spiro atoms. The lowest BCUT2D eigenvalue weighted by Gasteiger charge is -2.15. The number of aromatic nitrogens is 1. The van der Waals surface area contributed by atoms with Gasteiger partial charge in [0.2, 0.25) is 0 Å². The molecule has 1 aromatic heterocycles. The highest BCUT2D eigenvalue weighted by Gasteiger charge is 2.03. The molecule has 3 N–H and O–H groups in total. The molecular formula is C13H23N3. The van der Waals surface area contributed by atoms with E-state index in [0.717, 1.165) is 11.6 Å². The Morgan fingerprint density at radius 3 is 2.56 bits per heavy atom. The van der Waals surface area contributed by atoms with Crippen molar-refractivity contribution in [1.82, 2.24) is 4.98 Å². The first-order valence-electron chi connectivity index (χ1n) is 6.06. The normalized spacial score (nSPS) is 12.8. The summed E-state index contributed by atoms with van der Waals surface area (Å²) in [7, 11) is 0. The molecule has 16 heavy (non-hydrogen) atoms. The number of nitrogens with zero attached hydrogens (tertiary/aromatic N) is 1. The zero-order valence-corrected chi connectivity index (χ0v) is 10.5. The quantitative estimate of drug-likeness (QED) is 0.775. The van der Waals surface area contributed by atoms with E-state index in [2.05, 4.69) is 31.1 Å². The maximum Gasteiger partial charge on any atom is 0.123 e. The zero-order valence-electron chi connectivity index (χ0n) is 10.5. The smallest absolute Gasteiger partial charge is 0.123 e. The maximum atomic E-state index is 5.53. The van der Waals surface area contributed by atoms with Crippen LogP contribution in [0.2, 0.25) is 0 Å². The maximum absolute atomic E-state index is 5.53. The summed E-state index contributed by atoms with van der Waals surface area (Å²) in [6.07, 6.45) is 5.55. The van der Waals surface area contributed by atoms with Gasteiger partial charge in [-0.3, -0.25) is 0 Å². The number of rotatable bonds is 6. The van der Waals surface area contributed by atoms with E-state index in [-0.39, 0.29) is 0 Å². The van der Waals surface area contributed by atoms with Crippen LogP contribution in [0, 0.1) is 5.92 Å². The monoisotopic (exact) mass is 221 g/mol. The van der Waals surface area contributed by atoms with Crippen LogP contribution in [0.15, 0.2) is 18.3 Å². The summed E-state index contributed by atoms with van der Waals surface area (Å²) in [5.41, 5.74) is 6.58. The summed E-state index contributed by atoms with van der Waals surface area (Å²) in [5, 5.41) is 3.42. The Bertz CT molecular complexity index is 293. The first-order chi connectivity index (χ1) is 7.58. The van der Waals surface area contributed by atoms with E-state index in [1.807, 2.05) is 12.1 Å². The molecule has 0 aliphatic carbocycles. The molecule has 0 aliphatic heterocycles. The van der Waals surface area contributed by atoms with E-state index in [1.165, 1.54) is 19.3 Å². The fourth-order valence-corrected chi connectivity index (χ4v) is 1.68. The lowest BCUT2D eigenvalue weighted by Crippen LogP contribution is -2.15. The number of nitrogen functional groups attached to an aromatic ring is 1. The Labute approximate surface area is 98.5 Å². The van der Waals surface area contributed by atoms with Gasteiger partial charge in [0.15, 0.2) is 0 Å². The molecule has 1 rings (SSSR count). The van der Waals surface area contributed by atoms with Gasteiger partial charge < -0.3 is 11.1 Å². The Morgan fingerprint density at radius 2 is 2.00 bits per heavy atom. The minimum absolute atomic E-state index is 0.490. The Kier molecular flexibility index (Phi) is 5.09. The van der Waals surface area contributed by atoms with E-state index in [4.69, 9.17) is 5.73 Å². The molecule has 3 heteroatoms. The van der Waals surface area contributed by atoms with Crippen molar-refractivity contribution < 1.29 is 0 Å². The molecule has 90 valence electrons. The molecule has 1 atom stereocenters. The first-order valence-corrected chi connectivity index (χ1v) is 6.06. The van der Waals surface area contributed by atoms with Gasteiger partial charge >= 0.3 is 0 Å². The van der Waals surface area contributed by atoms with Crippen LogP contribution >= 0.6 is 0 Å². The molecule has 0 fully saturated rings. The minimum atomic E-state index is 0.490. The topological polar surface area (TPSA) is 50.9 Å². The van der Waals surface area contributed by atoms with E-state index in [0.29, 0.717) is 11.9 Å². The second kappa shape index (κ2) is 6.36. The van der Waals surface area contributed by atoms with Gasteiger partial charge in [-0.05, 0) is 31.4 Å². The van der Waals surface area contributed by atoms with Crippen LogP contribution in [0.3, 0.4) is 0 Å². The third kappa shape index (κ3) is 5.01. The van der Waals surface area contributed by atoms with Gasteiger partial charge in [-0.2, -0.15) is 0 Å². The minimum Gasteiger partial charge on any atom is -0.384 e. The second-order valence-electron chi connectivity index (χ2n) is 4.84. The standard InChI is InChI=1S/C13H23N3/c1-10(2)5-4-6-11(3)16-12-7-8-13(14)15-9-12/h7-11,16H,4-6H2,1-3H3,(H2,14,15). The van der Waals surface area contributed by atoms with Crippen molar-refractivity contribution in [3.8, 4) is 0 Å². The van der Waals surface area contributed by atoms with Gasteiger partial charge in [-0.1, -0.05) is 26.7 Å². The summed E-state index contributed by atoms with van der Waals surface area (Å²) >= 11 is 0. The molecule has 1 unspecified atom stereocenters. The highest BCUT2D eigenvalue weighted by Crippen LogP contribution is 2.13. The highest BCUT2D eigenvalue weighted by molar-refractivity contribution is 5.45. The van der Waals surface area contributed by atoms with Gasteiger partial charge in [0.1, 0.15) is 5.82 Å². The number of pyridine rings is 1. The number of hydrogen-bond donors (Lipinski definition) is 2. The molecule has 0 aliphatic rings. The van der Waals surface area contributed by atoms with Crippen LogP contribution in [0.4, 0.5) is 11.5 Å². The number of nitrogens with one attached hydrogen (secondary N) is 1. The van der Waals surface area contributed by atoms with Crippen molar-refractivity contribution in [2.45, 2.75) is 46.1 Å². The number of hydrogen-bond acceptors (Lipinski definition) is 3. The average molecular weight is 221 g/mol. The van der Waals surface area contributed by atoms with Crippen LogP contribution in [-0.2, 0) is 0 Å². The van der Waals surface area contributed by atoms with Crippen LogP contribution in [-0.4, -0.2) is 11.0 Å². The van der Waals surface area contributed by atoms with Crippen molar-refractivity contribution in [1.29, 1.82) is 0 Å². The summed E-state index contributed by atoms with van der Waals surface area (Å²) in [4.78, 5) is 4.06.